The van der Waals surface area contributed by atoms with Gasteiger partial charge < -0.3 is 5.32 Å². The highest BCUT2D eigenvalue weighted by molar-refractivity contribution is 6.35. The molecule has 1 heterocycles. The van der Waals surface area contributed by atoms with Crippen molar-refractivity contribution in [3.8, 4) is 0 Å². The number of piperidine rings is 1. The molecule has 1 unspecified atom stereocenters. The summed E-state index contributed by atoms with van der Waals surface area (Å²) in [6, 6.07) is 16.2. The van der Waals surface area contributed by atoms with Gasteiger partial charge in [-0.25, -0.2) is 0 Å². The molecular weight excluding hydrogens is 391 g/mol. The Kier molecular flexibility index (Phi) is 7.78. The van der Waals surface area contributed by atoms with E-state index in [4.69, 9.17) is 23.2 Å². The molecule has 1 amide bonds. The summed E-state index contributed by atoms with van der Waals surface area (Å²) in [5.74, 6) is 0.285. The average Bonchev–Trinajstić information content (AvgIpc) is 2.70. The molecule has 5 heteroatoms. The minimum atomic E-state index is 0.0946. The number of carbonyl (C=O) groups excluding carboxylic acids is 1. The molecule has 3 nitrogen and oxygen atoms in total. The minimum absolute atomic E-state index is 0.0946. The summed E-state index contributed by atoms with van der Waals surface area (Å²) in [5, 5.41) is 4.62. The van der Waals surface area contributed by atoms with Crippen LogP contribution in [0.5, 0.6) is 0 Å². The Morgan fingerprint density at radius 2 is 1.71 bits per heavy atom. The summed E-state index contributed by atoms with van der Waals surface area (Å²) in [6.07, 6.45) is 3.69. The molecule has 3 rings (SSSR count). The van der Waals surface area contributed by atoms with Gasteiger partial charge in [0, 0.05) is 34.1 Å². The first-order valence-electron chi connectivity index (χ1n) is 10.0. The maximum absolute atomic E-state index is 12.6. The Hall–Kier alpha value is -1.55. The standard InChI is InChI=1S/C23H28Cl2N2O/c1-17(10-11-18-6-3-2-4-7-18)26-23(28)19-12-14-27(15-13-19)16-20-21(24)8-5-9-22(20)25/h2-9,17,19H,10-16H2,1H3,(H,26,28). The van der Waals surface area contributed by atoms with Crippen LogP contribution in [-0.4, -0.2) is 29.9 Å². The van der Waals surface area contributed by atoms with E-state index in [0.717, 1.165) is 50.9 Å². The van der Waals surface area contributed by atoms with Crippen molar-refractivity contribution in [2.45, 2.75) is 45.2 Å². The van der Waals surface area contributed by atoms with Crippen LogP contribution in [0.2, 0.25) is 10.0 Å². The molecule has 0 aliphatic carbocycles. The zero-order valence-electron chi connectivity index (χ0n) is 16.3. The van der Waals surface area contributed by atoms with E-state index < -0.39 is 0 Å². The van der Waals surface area contributed by atoms with Crippen LogP contribution in [0.15, 0.2) is 48.5 Å². The minimum Gasteiger partial charge on any atom is -0.353 e. The average molecular weight is 419 g/mol. The van der Waals surface area contributed by atoms with Crippen LogP contribution in [-0.2, 0) is 17.8 Å². The van der Waals surface area contributed by atoms with E-state index in [1.165, 1.54) is 5.56 Å². The smallest absolute Gasteiger partial charge is 0.223 e. The molecule has 2 aromatic carbocycles. The van der Waals surface area contributed by atoms with E-state index in [1.54, 1.807) is 0 Å². The fourth-order valence-electron chi connectivity index (χ4n) is 3.72. The summed E-state index contributed by atoms with van der Waals surface area (Å²) in [4.78, 5) is 15.0. The lowest BCUT2D eigenvalue weighted by Gasteiger charge is -2.32. The fraction of sp³-hybridized carbons (Fsp3) is 0.435. The van der Waals surface area contributed by atoms with Crippen LogP contribution in [0.3, 0.4) is 0 Å². The van der Waals surface area contributed by atoms with Gasteiger partial charge in [-0.3, -0.25) is 9.69 Å². The second-order valence-electron chi connectivity index (χ2n) is 7.68. The lowest BCUT2D eigenvalue weighted by atomic mass is 9.95. The molecule has 2 aromatic rings. The van der Waals surface area contributed by atoms with Gasteiger partial charge in [-0.15, -0.1) is 0 Å². The van der Waals surface area contributed by atoms with Crippen LogP contribution >= 0.6 is 23.2 Å². The van der Waals surface area contributed by atoms with Crippen molar-refractivity contribution in [2.75, 3.05) is 13.1 Å². The predicted octanol–water partition coefficient (Wildman–Crippen LogP) is 5.34. The molecule has 150 valence electrons. The number of rotatable bonds is 7. The number of aryl methyl sites for hydroxylation is 1. The third-order valence-corrected chi connectivity index (χ3v) is 6.21. The van der Waals surface area contributed by atoms with E-state index >= 15 is 0 Å². The van der Waals surface area contributed by atoms with Gasteiger partial charge in [-0.2, -0.15) is 0 Å². The number of likely N-dealkylation sites (tertiary alicyclic amines) is 1. The van der Waals surface area contributed by atoms with E-state index in [-0.39, 0.29) is 17.9 Å². The SMILES string of the molecule is CC(CCc1ccccc1)NC(=O)C1CCN(Cc2c(Cl)cccc2Cl)CC1. The van der Waals surface area contributed by atoms with Gasteiger partial charge in [0.2, 0.25) is 5.91 Å². The summed E-state index contributed by atoms with van der Waals surface area (Å²) < 4.78 is 0. The topological polar surface area (TPSA) is 32.3 Å². The number of benzene rings is 2. The van der Waals surface area contributed by atoms with Gasteiger partial charge >= 0.3 is 0 Å². The van der Waals surface area contributed by atoms with Gasteiger partial charge in [0.1, 0.15) is 0 Å². The molecule has 1 aliphatic rings. The van der Waals surface area contributed by atoms with E-state index in [0.29, 0.717) is 10.0 Å². The van der Waals surface area contributed by atoms with E-state index in [1.807, 2.05) is 24.3 Å². The fourth-order valence-corrected chi connectivity index (χ4v) is 4.24. The van der Waals surface area contributed by atoms with Gasteiger partial charge in [0.25, 0.3) is 0 Å². The number of carbonyl (C=O) groups is 1. The lowest BCUT2D eigenvalue weighted by molar-refractivity contribution is -0.127. The summed E-state index contributed by atoms with van der Waals surface area (Å²) in [6.45, 7) is 4.60. The molecule has 1 N–H and O–H groups in total. The Labute approximate surface area is 178 Å². The van der Waals surface area contributed by atoms with Crippen molar-refractivity contribution in [1.29, 1.82) is 0 Å². The van der Waals surface area contributed by atoms with E-state index in [9.17, 15) is 4.79 Å². The van der Waals surface area contributed by atoms with Crippen molar-refractivity contribution < 1.29 is 4.79 Å². The first-order chi connectivity index (χ1) is 13.5. The van der Waals surface area contributed by atoms with Crippen LogP contribution in [0, 0.1) is 5.92 Å². The Morgan fingerprint density at radius 3 is 2.36 bits per heavy atom. The number of hydrogen-bond acceptors (Lipinski definition) is 2. The Morgan fingerprint density at radius 1 is 1.07 bits per heavy atom. The molecule has 0 spiro atoms. The van der Waals surface area contributed by atoms with Crippen LogP contribution in [0.1, 0.15) is 37.3 Å². The van der Waals surface area contributed by atoms with Crippen molar-refractivity contribution >= 4 is 29.1 Å². The van der Waals surface area contributed by atoms with Crippen molar-refractivity contribution in [2.24, 2.45) is 5.92 Å². The highest BCUT2D eigenvalue weighted by Gasteiger charge is 2.26. The predicted molar refractivity (Wildman–Crippen MR) is 117 cm³/mol. The molecule has 28 heavy (non-hydrogen) atoms. The highest BCUT2D eigenvalue weighted by Crippen LogP contribution is 2.27. The monoisotopic (exact) mass is 418 g/mol. The van der Waals surface area contributed by atoms with Gasteiger partial charge in [-0.1, -0.05) is 59.6 Å². The molecule has 1 atom stereocenters. The Bertz CT molecular complexity index is 753. The largest absolute Gasteiger partial charge is 0.353 e. The molecule has 1 saturated heterocycles. The van der Waals surface area contributed by atoms with Crippen molar-refractivity contribution in [3.63, 3.8) is 0 Å². The number of nitrogens with one attached hydrogen (secondary N) is 1. The molecule has 0 saturated carbocycles. The number of nitrogens with zero attached hydrogens (tertiary/aromatic N) is 1. The van der Waals surface area contributed by atoms with Crippen molar-refractivity contribution in [3.05, 3.63) is 69.7 Å². The second kappa shape index (κ2) is 10.3. The molecule has 0 aromatic heterocycles. The summed E-state index contributed by atoms with van der Waals surface area (Å²) in [5.41, 5.74) is 2.29. The molecule has 1 aliphatic heterocycles. The van der Waals surface area contributed by atoms with Crippen LogP contribution < -0.4 is 5.32 Å². The number of amides is 1. The van der Waals surface area contributed by atoms with Gasteiger partial charge in [0.15, 0.2) is 0 Å². The third-order valence-electron chi connectivity index (χ3n) is 5.50. The summed E-state index contributed by atoms with van der Waals surface area (Å²) >= 11 is 12.6. The third kappa shape index (κ3) is 5.97. The van der Waals surface area contributed by atoms with Crippen molar-refractivity contribution in [1.82, 2.24) is 10.2 Å². The zero-order chi connectivity index (χ0) is 19.9. The molecule has 0 radical (unpaired) electrons. The first-order valence-corrected chi connectivity index (χ1v) is 10.8. The number of halogens is 2. The second-order valence-corrected chi connectivity index (χ2v) is 8.50. The Balaban J connectivity index is 1.42. The molecule has 0 bridgehead atoms. The molecule has 1 fully saturated rings. The number of hydrogen-bond donors (Lipinski definition) is 1. The maximum atomic E-state index is 12.6. The first kappa shape index (κ1) is 21.2. The summed E-state index contributed by atoms with van der Waals surface area (Å²) in [7, 11) is 0. The molecular formula is C23H28Cl2N2O. The zero-order valence-corrected chi connectivity index (χ0v) is 17.8. The van der Waals surface area contributed by atoms with Gasteiger partial charge in [0.05, 0.1) is 0 Å². The van der Waals surface area contributed by atoms with Gasteiger partial charge in [-0.05, 0) is 63.4 Å². The highest BCUT2D eigenvalue weighted by atomic mass is 35.5. The lowest BCUT2D eigenvalue weighted by Crippen LogP contribution is -2.43. The van der Waals surface area contributed by atoms with Crippen LogP contribution in [0.25, 0.3) is 0 Å². The normalized spacial score (nSPS) is 16.7. The maximum Gasteiger partial charge on any atom is 0.223 e. The quantitative estimate of drug-likeness (QED) is 0.657. The van der Waals surface area contributed by atoms with E-state index in [2.05, 4.69) is 41.4 Å². The van der Waals surface area contributed by atoms with Crippen LogP contribution in [0.4, 0.5) is 0 Å².